The highest BCUT2D eigenvalue weighted by molar-refractivity contribution is 5.71. The summed E-state index contributed by atoms with van der Waals surface area (Å²) >= 11 is 0. The average Bonchev–Trinajstić information content (AvgIpc) is 3.00. The van der Waals surface area contributed by atoms with Gasteiger partial charge < -0.3 is 9.55 Å². The molecule has 0 radical (unpaired) electrons. The maximum atomic E-state index is 12.3. The van der Waals surface area contributed by atoms with Crippen LogP contribution in [-0.2, 0) is 12.8 Å². The molecule has 128 valence electrons. The van der Waals surface area contributed by atoms with Gasteiger partial charge in [0.15, 0.2) is 0 Å². The molecule has 0 aliphatic heterocycles. The molecule has 3 rings (SSSR count). The summed E-state index contributed by atoms with van der Waals surface area (Å²) in [6.45, 7) is 8.33. The first-order chi connectivity index (χ1) is 12.2. The molecular weight excluding hydrogens is 308 g/mol. The molecular formula is C22H24N2O. The third kappa shape index (κ3) is 3.36. The number of hydrogen-bond donors (Lipinski definition) is 1. The van der Waals surface area contributed by atoms with E-state index < -0.39 is 0 Å². The fourth-order valence-electron chi connectivity index (χ4n) is 3.34. The van der Waals surface area contributed by atoms with Gasteiger partial charge in [-0.3, -0.25) is 4.79 Å². The Bertz CT molecular complexity index is 932. The summed E-state index contributed by atoms with van der Waals surface area (Å²) in [7, 11) is 0. The van der Waals surface area contributed by atoms with E-state index >= 15 is 0 Å². The molecule has 3 aromatic rings. The van der Waals surface area contributed by atoms with Crippen molar-refractivity contribution in [1.82, 2.24) is 9.55 Å². The van der Waals surface area contributed by atoms with E-state index in [0.717, 1.165) is 41.8 Å². The van der Waals surface area contributed by atoms with Gasteiger partial charge in [-0.15, -0.1) is 0 Å². The Kier molecular flexibility index (Phi) is 5.03. The average molecular weight is 332 g/mol. The predicted octanol–water partition coefficient (Wildman–Crippen LogP) is 5.13. The molecule has 0 saturated heterocycles. The van der Waals surface area contributed by atoms with Crippen LogP contribution >= 0.6 is 0 Å². The minimum Gasteiger partial charge on any atom is -0.322 e. The van der Waals surface area contributed by atoms with E-state index in [1.165, 1.54) is 11.3 Å². The van der Waals surface area contributed by atoms with Crippen LogP contribution in [0.2, 0.25) is 0 Å². The standard InChI is InChI=1S/C22H24N2O/c1-4-10-20-16(5-2)14-21(24(20)6-3)18-13-19(23-22(25)15-18)17-11-8-7-9-12-17/h6-9,11-15H,3-5,10H2,1-2H3,(H,23,25). The SMILES string of the molecule is C=Cn1c(-c2cc(-c3ccccc3)[nH]c(=O)c2)cc(CC)c1CCC. The number of hydrogen-bond acceptors (Lipinski definition) is 1. The summed E-state index contributed by atoms with van der Waals surface area (Å²) in [5.41, 5.74) is 6.29. The van der Waals surface area contributed by atoms with E-state index in [2.05, 4.69) is 36.0 Å². The van der Waals surface area contributed by atoms with Crippen molar-refractivity contribution in [3.63, 3.8) is 0 Å². The van der Waals surface area contributed by atoms with E-state index in [1.807, 2.05) is 42.6 Å². The zero-order valence-electron chi connectivity index (χ0n) is 14.9. The quantitative estimate of drug-likeness (QED) is 0.668. The Balaban J connectivity index is 2.19. The van der Waals surface area contributed by atoms with Gasteiger partial charge in [0, 0.05) is 29.2 Å². The topological polar surface area (TPSA) is 37.8 Å². The Hall–Kier alpha value is -2.81. The minimum absolute atomic E-state index is 0.0942. The van der Waals surface area contributed by atoms with Gasteiger partial charge >= 0.3 is 0 Å². The fourth-order valence-corrected chi connectivity index (χ4v) is 3.34. The maximum absolute atomic E-state index is 12.3. The van der Waals surface area contributed by atoms with E-state index in [1.54, 1.807) is 6.07 Å². The van der Waals surface area contributed by atoms with Gasteiger partial charge in [-0.1, -0.05) is 57.2 Å². The summed E-state index contributed by atoms with van der Waals surface area (Å²) in [5.74, 6) is 0. The van der Waals surface area contributed by atoms with Crippen molar-refractivity contribution in [2.75, 3.05) is 0 Å². The summed E-state index contributed by atoms with van der Waals surface area (Å²) in [5, 5.41) is 0. The van der Waals surface area contributed by atoms with Crippen LogP contribution in [0.25, 0.3) is 28.7 Å². The third-order valence-corrected chi connectivity index (χ3v) is 4.51. The Labute approximate surface area is 148 Å². The summed E-state index contributed by atoms with van der Waals surface area (Å²) in [6.07, 6.45) is 4.90. The van der Waals surface area contributed by atoms with Gasteiger partial charge in [0.05, 0.1) is 5.69 Å². The number of aryl methyl sites for hydroxylation is 1. The van der Waals surface area contributed by atoms with Crippen LogP contribution in [0.4, 0.5) is 0 Å². The number of aromatic nitrogens is 2. The molecule has 0 aliphatic rings. The first kappa shape index (κ1) is 17.0. The summed E-state index contributed by atoms with van der Waals surface area (Å²) < 4.78 is 2.13. The number of rotatable bonds is 6. The Morgan fingerprint density at radius 2 is 1.84 bits per heavy atom. The zero-order valence-corrected chi connectivity index (χ0v) is 14.9. The molecule has 1 aromatic carbocycles. The highest BCUT2D eigenvalue weighted by Gasteiger charge is 2.14. The zero-order chi connectivity index (χ0) is 17.8. The second kappa shape index (κ2) is 7.39. The molecule has 0 amide bonds. The summed E-state index contributed by atoms with van der Waals surface area (Å²) in [4.78, 5) is 15.2. The molecule has 2 aromatic heterocycles. The Morgan fingerprint density at radius 1 is 1.08 bits per heavy atom. The first-order valence-corrected chi connectivity index (χ1v) is 8.83. The predicted molar refractivity (Wildman–Crippen MR) is 106 cm³/mol. The van der Waals surface area contributed by atoms with Crippen molar-refractivity contribution in [2.24, 2.45) is 0 Å². The van der Waals surface area contributed by atoms with Crippen molar-refractivity contribution < 1.29 is 0 Å². The lowest BCUT2D eigenvalue weighted by Crippen LogP contribution is -2.07. The molecule has 0 fully saturated rings. The van der Waals surface area contributed by atoms with Crippen LogP contribution in [0.3, 0.4) is 0 Å². The van der Waals surface area contributed by atoms with Crippen LogP contribution in [0, 0.1) is 0 Å². The van der Waals surface area contributed by atoms with E-state index in [4.69, 9.17) is 0 Å². The molecule has 1 N–H and O–H groups in total. The number of pyridine rings is 1. The normalized spacial score (nSPS) is 10.8. The monoisotopic (exact) mass is 332 g/mol. The molecule has 0 saturated carbocycles. The molecule has 0 spiro atoms. The van der Waals surface area contributed by atoms with Crippen LogP contribution in [0.5, 0.6) is 0 Å². The van der Waals surface area contributed by atoms with Crippen LogP contribution < -0.4 is 5.56 Å². The van der Waals surface area contributed by atoms with Crippen molar-refractivity contribution in [2.45, 2.75) is 33.1 Å². The third-order valence-electron chi connectivity index (χ3n) is 4.51. The molecule has 2 heterocycles. The largest absolute Gasteiger partial charge is 0.322 e. The molecule has 0 bridgehead atoms. The van der Waals surface area contributed by atoms with Crippen molar-refractivity contribution >= 4 is 6.20 Å². The van der Waals surface area contributed by atoms with Crippen LogP contribution in [0.1, 0.15) is 31.5 Å². The minimum atomic E-state index is -0.0942. The number of nitrogens with zero attached hydrogens (tertiary/aromatic N) is 1. The highest BCUT2D eigenvalue weighted by Crippen LogP contribution is 2.29. The lowest BCUT2D eigenvalue weighted by atomic mass is 10.1. The highest BCUT2D eigenvalue weighted by atomic mass is 16.1. The first-order valence-electron chi connectivity index (χ1n) is 8.83. The lowest BCUT2D eigenvalue weighted by molar-refractivity contribution is 0.845. The maximum Gasteiger partial charge on any atom is 0.249 e. The molecule has 0 unspecified atom stereocenters. The van der Waals surface area contributed by atoms with Gasteiger partial charge in [0.25, 0.3) is 0 Å². The molecule has 25 heavy (non-hydrogen) atoms. The molecule has 0 aliphatic carbocycles. The smallest absolute Gasteiger partial charge is 0.249 e. The molecule has 3 nitrogen and oxygen atoms in total. The van der Waals surface area contributed by atoms with Crippen molar-refractivity contribution in [3.8, 4) is 22.5 Å². The number of H-pyrrole nitrogens is 1. The van der Waals surface area contributed by atoms with Gasteiger partial charge in [-0.25, -0.2) is 0 Å². The number of benzene rings is 1. The summed E-state index contributed by atoms with van der Waals surface area (Å²) in [6, 6.07) is 15.8. The van der Waals surface area contributed by atoms with E-state index in [-0.39, 0.29) is 5.56 Å². The second-order valence-corrected chi connectivity index (χ2v) is 6.17. The van der Waals surface area contributed by atoms with Crippen LogP contribution in [-0.4, -0.2) is 9.55 Å². The van der Waals surface area contributed by atoms with Gasteiger partial charge in [-0.2, -0.15) is 0 Å². The molecule has 3 heteroatoms. The van der Waals surface area contributed by atoms with Crippen LogP contribution in [0.15, 0.2) is 59.9 Å². The van der Waals surface area contributed by atoms with E-state index in [9.17, 15) is 4.79 Å². The lowest BCUT2D eigenvalue weighted by Gasteiger charge is -2.10. The fraction of sp³-hybridized carbons (Fsp3) is 0.227. The number of aromatic amines is 1. The van der Waals surface area contributed by atoms with E-state index in [0.29, 0.717) is 0 Å². The van der Waals surface area contributed by atoms with Crippen molar-refractivity contribution in [3.05, 3.63) is 76.7 Å². The Morgan fingerprint density at radius 3 is 2.48 bits per heavy atom. The number of nitrogens with one attached hydrogen (secondary N) is 1. The van der Waals surface area contributed by atoms with Gasteiger partial charge in [0.2, 0.25) is 5.56 Å². The van der Waals surface area contributed by atoms with Crippen molar-refractivity contribution in [1.29, 1.82) is 0 Å². The van der Waals surface area contributed by atoms with Gasteiger partial charge in [-0.05, 0) is 36.1 Å². The van der Waals surface area contributed by atoms with Gasteiger partial charge in [0.1, 0.15) is 0 Å². The molecule has 0 atom stereocenters. The second-order valence-electron chi connectivity index (χ2n) is 6.17.